The number of H-pyrrole nitrogens is 1. The van der Waals surface area contributed by atoms with Crippen molar-refractivity contribution in [1.82, 2.24) is 24.7 Å². The molecule has 0 aliphatic rings. The van der Waals surface area contributed by atoms with E-state index in [1.807, 2.05) is 29.8 Å². The van der Waals surface area contributed by atoms with Crippen molar-refractivity contribution in [3.8, 4) is 11.6 Å². The lowest BCUT2D eigenvalue weighted by molar-refractivity contribution is 0.937. The normalized spacial score (nSPS) is 11.2. The fourth-order valence-corrected chi connectivity index (χ4v) is 2.10. The van der Waals surface area contributed by atoms with E-state index in [2.05, 4.69) is 20.2 Å². The van der Waals surface area contributed by atoms with Crippen LogP contribution >= 0.6 is 11.6 Å². The van der Waals surface area contributed by atoms with Gasteiger partial charge in [-0.05, 0) is 12.1 Å². The molecule has 0 saturated carbocycles. The average Bonchev–Trinajstić information content (AvgIpc) is 2.84. The van der Waals surface area contributed by atoms with Crippen LogP contribution < -0.4 is 5.73 Å². The van der Waals surface area contributed by atoms with Crippen LogP contribution in [-0.2, 0) is 7.05 Å². The molecule has 3 rings (SSSR count). The lowest BCUT2D eigenvalue weighted by atomic mass is 10.3. The van der Waals surface area contributed by atoms with Crippen molar-refractivity contribution < 1.29 is 0 Å². The van der Waals surface area contributed by atoms with E-state index >= 15 is 0 Å². The number of rotatable bonds is 1. The molecule has 6 nitrogen and oxygen atoms in total. The quantitative estimate of drug-likeness (QED) is 0.685. The molecule has 86 valence electrons. The van der Waals surface area contributed by atoms with Crippen LogP contribution in [0.3, 0.4) is 0 Å². The van der Waals surface area contributed by atoms with E-state index in [-0.39, 0.29) is 5.95 Å². The number of hydrogen-bond donors (Lipinski definition) is 2. The summed E-state index contributed by atoms with van der Waals surface area (Å²) >= 11 is 6.14. The van der Waals surface area contributed by atoms with Crippen LogP contribution in [0.1, 0.15) is 0 Å². The van der Waals surface area contributed by atoms with Gasteiger partial charge >= 0.3 is 0 Å². The van der Waals surface area contributed by atoms with E-state index in [4.69, 9.17) is 17.3 Å². The Bertz CT molecular complexity index is 698. The first-order valence-electron chi connectivity index (χ1n) is 4.96. The number of anilines is 1. The monoisotopic (exact) mass is 248 g/mol. The van der Waals surface area contributed by atoms with Crippen molar-refractivity contribution in [3.63, 3.8) is 0 Å². The van der Waals surface area contributed by atoms with Gasteiger partial charge in [-0.1, -0.05) is 17.7 Å². The summed E-state index contributed by atoms with van der Waals surface area (Å²) in [5.74, 6) is 1.37. The van der Waals surface area contributed by atoms with E-state index in [1.54, 1.807) is 0 Å². The number of aryl methyl sites for hydroxylation is 1. The van der Waals surface area contributed by atoms with E-state index in [0.29, 0.717) is 16.7 Å². The summed E-state index contributed by atoms with van der Waals surface area (Å²) < 4.78 is 1.86. The van der Waals surface area contributed by atoms with Crippen LogP contribution in [0.4, 0.5) is 5.95 Å². The second kappa shape index (κ2) is 3.46. The molecule has 1 aromatic carbocycles. The van der Waals surface area contributed by atoms with Gasteiger partial charge in [-0.25, -0.2) is 4.98 Å². The Morgan fingerprint density at radius 1 is 1.35 bits per heavy atom. The van der Waals surface area contributed by atoms with Crippen molar-refractivity contribution in [1.29, 1.82) is 0 Å². The fourth-order valence-electron chi connectivity index (χ4n) is 1.81. The minimum atomic E-state index is 0.193. The largest absolute Gasteiger partial charge is 0.366 e. The zero-order valence-electron chi connectivity index (χ0n) is 8.98. The van der Waals surface area contributed by atoms with E-state index in [0.717, 1.165) is 11.0 Å². The zero-order chi connectivity index (χ0) is 12.0. The fraction of sp³-hybridized carbons (Fsp3) is 0.100. The van der Waals surface area contributed by atoms with Crippen LogP contribution in [0.25, 0.3) is 22.7 Å². The molecule has 2 heterocycles. The minimum Gasteiger partial charge on any atom is -0.366 e. The number of halogens is 1. The molecular formula is C10H9ClN6. The third kappa shape index (κ3) is 1.45. The number of aromatic nitrogens is 5. The van der Waals surface area contributed by atoms with Crippen LogP contribution in [-0.4, -0.2) is 24.7 Å². The Labute approximate surface area is 101 Å². The second-order valence-corrected chi connectivity index (χ2v) is 4.05. The summed E-state index contributed by atoms with van der Waals surface area (Å²) in [5, 5.41) is 7.16. The Morgan fingerprint density at radius 3 is 2.82 bits per heavy atom. The molecule has 0 unspecified atom stereocenters. The van der Waals surface area contributed by atoms with Crippen molar-refractivity contribution in [3.05, 3.63) is 23.2 Å². The summed E-state index contributed by atoms with van der Waals surface area (Å²) in [6.45, 7) is 0. The minimum absolute atomic E-state index is 0.193. The SMILES string of the molecule is Cn1c(-c2nc(N)n[nH]2)nc2cccc(Cl)c21. The molecule has 17 heavy (non-hydrogen) atoms. The number of nitrogens with one attached hydrogen (secondary N) is 1. The molecule has 0 aliphatic heterocycles. The number of imidazole rings is 1. The number of aromatic amines is 1. The Balaban J connectivity index is 2.32. The number of para-hydroxylation sites is 1. The number of nitrogen functional groups attached to an aromatic ring is 1. The Hall–Kier alpha value is -2.08. The molecule has 0 atom stereocenters. The van der Waals surface area contributed by atoms with Crippen LogP contribution in [0.15, 0.2) is 18.2 Å². The lowest BCUT2D eigenvalue weighted by Crippen LogP contribution is -1.94. The molecule has 0 fully saturated rings. The summed E-state index contributed by atoms with van der Waals surface area (Å²) in [7, 11) is 1.87. The average molecular weight is 249 g/mol. The number of fused-ring (bicyclic) bond motifs is 1. The van der Waals surface area contributed by atoms with Gasteiger partial charge in [0.25, 0.3) is 0 Å². The number of nitrogens with two attached hydrogens (primary N) is 1. The Kier molecular flexibility index (Phi) is 2.05. The third-order valence-electron chi connectivity index (χ3n) is 2.56. The molecular weight excluding hydrogens is 240 g/mol. The van der Waals surface area contributed by atoms with E-state index in [9.17, 15) is 0 Å². The maximum absolute atomic E-state index is 6.14. The van der Waals surface area contributed by atoms with Gasteiger partial charge in [0.05, 0.1) is 16.1 Å². The summed E-state index contributed by atoms with van der Waals surface area (Å²) in [5.41, 5.74) is 7.14. The number of nitrogens with zero attached hydrogens (tertiary/aromatic N) is 4. The highest BCUT2D eigenvalue weighted by molar-refractivity contribution is 6.35. The first kappa shape index (κ1) is 10.1. The van der Waals surface area contributed by atoms with Crippen LogP contribution in [0.5, 0.6) is 0 Å². The van der Waals surface area contributed by atoms with Crippen molar-refractivity contribution >= 4 is 28.6 Å². The third-order valence-corrected chi connectivity index (χ3v) is 2.86. The molecule has 0 spiro atoms. The van der Waals surface area contributed by atoms with Crippen LogP contribution in [0, 0.1) is 0 Å². The summed E-state index contributed by atoms with van der Waals surface area (Å²) in [6, 6.07) is 5.57. The highest BCUT2D eigenvalue weighted by Gasteiger charge is 2.14. The van der Waals surface area contributed by atoms with Gasteiger partial charge in [-0.15, -0.1) is 5.10 Å². The predicted molar refractivity (Wildman–Crippen MR) is 65.5 cm³/mol. The maximum atomic E-state index is 6.14. The van der Waals surface area contributed by atoms with Gasteiger partial charge in [-0.3, -0.25) is 5.10 Å². The predicted octanol–water partition coefficient (Wildman–Crippen LogP) is 1.59. The number of hydrogen-bond acceptors (Lipinski definition) is 4. The molecule has 2 aromatic heterocycles. The smallest absolute Gasteiger partial charge is 0.239 e. The molecule has 3 aromatic rings. The first-order chi connectivity index (χ1) is 8.16. The first-order valence-corrected chi connectivity index (χ1v) is 5.34. The van der Waals surface area contributed by atoms with Gasteiger partial charge in [-0.2, -0.15) is 4.98 Å². The van der Waals surface area contributed by atoms with Gasteiger partial charge in [0.2, 0.25) is 5.95 Å². The molecule has 0 bridgehead atoms. The van der Waals surface area contributed by atoms with Crippen molar-refractivity contribution in [2.75, 3.05) is 5.73 Å². The van der Waals surface area contributed by atoms with Crippen LogP contribution in [0.2, 0.25) is 5.02 Å². The van der Waals surface area contributed by atoms with Crippen molar-refractivity contribution in [2.45, 2.75) is 0 Å². The molecule has 7 heteroatoms. The Morgan fingerprint density at radius 2 is 2.18 bits per heavy atom. The number of benzene rings is 1. The zero-order valence-corrected chi connectivity index (χ0v) is 9.73. The van der Waals surface area contributed by atoms with Gasteiger partial charge < -0.3 is 10.3 Å². The van der Waals surface area contributed by atoms with Crippen molar-refractivity contribution in [2.24, 2.45) is 7.05 Å². The molecule has 3 N–H and O–H groups in total. The molecule has 0 radical (unpaired) electrons. The molecule has 0 saturated heterocycles. The summed E-state index contributed by atoms with van der Waals surface area (Å²) in [4.78, 5) is 8.50. The van der Waals surface area contributed by atoms with Gasteiger partial charge in [0.15, 0.2) is 11.6 Å². The van der Waals surface area contributed by atoms with E-state index in [1.165, 1.54) is 0 Å². The van der Waals surface area contributed by atoms with Gasteiger partial charge in [0.1, 0.15) is 0 Å². The molecule has 0 amide bonds. The second-order valence-electron chi connectivity index (χ2n) is 3.64. The summed E-state index contributed by atoms with van der Waals surface area (Å²) in [6.07, 6.45) is 0. The standard InChI is InChI=1S/C10H9ClN6/c1-17-7-5(11)3-2-4-6(7)13-9(17)8-14-10(12)16-15-8/h2-4H,1H3,(H3,12,14,15,16). The highest BCUT2D eigenvalue weighted by atomic mass is 35.5. The molecule has 0 aliphatic carbocycles. The topological polar surface area (TPSA) is 85.4 Å². The highest BCUT2D eigenvalue weighted by Crippen LogP contribution is 2.26. The lowest BCUT2D eigenvalue weighted by Gasteiger charge is -1.99. The van der Waals surface area contributed by atoms with E-state index < -0.39 is 0 Å². The maximum Gasteiger partial charge on any atom is 0.239 e. The van der Waals surface area contributed by atoms with Gasteiger partial charge in [0, 0.05) is 7.05 Å².